The monoisotopic (exact) mass is 326 g/mol. The third kappa shape index (κ3) is 3.29. The zero-order valence-electron chi connectivity index (χ0n) is 10.6. The van der Waals surface area contributed by atoms with Crippen LogP contribution in [0.25, 0.3) is 0 Å². The fourth-order valence-corrected chi connectivity index (χ4v) is 1.96. The van der Waals surface area contributed by atoms with Crippen molar-refractivity contribution in [3.63, 3.8) is 0 Å². The lowest BCUT2D eigenvalue weighted by Gasteiger charge is -2.19. The number of aromatic nitrogens is 1. The molecule has 2 rings (SSSR count). The van der Waals surface area contributed by atoms with Crippen molar-refractivity contribution in [1.29, 1.82) is 0 Å². The second-order valence-corrected chi connectivity index (χ2v) is 5.20. The van der Waals surface area contributed by atoms with Crippen LogP contribution in [0.3, 0.4) is 0 Å². The van der Waals surface area contributed by atoms with Gasteiger partial charge in [-0.05, 0) is 52.7 Å². The maximum absolute atomic E-state index is 13.1. The number of pyridine rings is 1. The summed E-state index contributed by atoms with van der Waals surface area (Å²) in [6, 6.07) is 7.70. The summed E-state index contributed by atoms with van der Waals surface area (Å²) in [5, 5.41) is 0. The Morgan fingerprint density at radius 3 is 2.53 bits per heavy atom. The zero-order chi connectivity index (χ0) is 14.0. The summed E-state index contributed by atoms with van der Waals surface area (Å²) < 4.78 is 26.9. The molecule has 0 aliphatic heterocycles. The van der Waals surface area contributed by atoms with Crippen LogP contribution in [0.15, 0.2) is 34.8 Å². The molecule has 0 amide bonds. The van der Waals surface area contributed by atoms with Crippen molar-refractivity contribution < 1.29 is 8.78 Å². The summed E-state index contributed by atoms with van der Waals surface area (Å²) in [7, 11) is 1.86. The molecule has 2 nitrogen and oxygen atoms in total. The van der Waals surface area contributed by atoms with Gasteiger partial charge in [0.25, 0.3) is 0 Å². The van der Waals surface area contributed by atoms with E-state index in [-0.39, 0.29) is 0 Å². The van der Waals surface area contributed by atoms with E-state index in [4.69, 9.17) is 0 Å². The summed E-state index contributed by atoms with van der Waals surface area (Å²) in [5.74, 6) is -0.875. The van der Waals surface area contributed by atoms with Crippen molar-refractivity contribution in [2.75, 3.05) is 11.9 Å². The van der Waals surface area contributed by atoms with Gasteiger partial charge in [0.2, 0.25) is 0 Å². The number of hydrogen-bond acceptors (Lipinski definition) is 2. The fraction of sp³-hybridized carbons (Fsp3) is 0.214. The van der Waals surface area contributed by atoms with Gasteiger partial charge in [-0.25, -0.2) is 13.8 Å². The van der Waals surface area contributed by atoms with Gasteiger partial charge < -0.3 is 4.90 Å². The standard InChI is InChI=1S/C14H13BrF2N2/c1-9-11(15)4-6-14(18-9)19(2)8-10-3-5-12(16)13(17)7-10/h3-7H,8H2,1-2H3. The third-order valence-electron chi connectivity index (χ3n) is 2.80. The second-order valence-electron chi connectivity index (χ2n) is 4.34. The molecule has 0 aliphatic carbocycles. The number of benzene rings is 1. The number of nitrogens with zero attached hydrogens (tertiary/aromatic N) is 2. The first-order valence-electron chi connectivity index (χ1n) is 5.75. The van der Waals surface area contributed by atoms with E-state index in [2.05, 4.69) is 20.9 Å². The lowest BCUT2D eigenvalue weighted by atomic mass is 10.2. The van der Waals surface area contributed by atoms with Crippen LogP contribution < -0.4 is 4.90 Å². The van der Waals surface area contributed by atoms with Crippen molar-refractivity contribution in [3.05, 3.63) is 57.7 Å². The van der Waals surface area contributed by atoms with Gasteiger partial charge in [0.15, 0.2) is 11.6 Å². The smallest absolute Gasteiger partial charge is 0.159 e. The predicted octanol–water partition coefficient (Wildman–Crippen LogP) is 4.07. The molecule has 0 N–H and O–H groups in total. The molecule has 1 heterocycles. The third-order valence-corrected chi connectivity index (χ3v) is 3.64. The Kier molecular flexibility index (Phi) is 4.14. The number of hydrogen-bond donors (Lipinski definition) is 0. The molecule has 0 unspecified atom stereocenters. The zero-order valence-corrected chi connectivity index (χ0v) is 12.2. The van der Waals surface area contributed by atoms with Crippen molar-refractivity contribution >= 4 is 21.7 Å². The van der Waals surface area contributed by atoms with Gasteiger partial charge in [-0.3, -0.25) is 0 Å². The first kappa shape index (κ1) is 13.9. The van der Waals surface area contributed by atoms with Gasteiger partial charge in [0.05, 0.1) is 5.69 Å². The topological polar surface area (TPSA) is 16.1 Å². The van der Waals surface area contributed by atoms with Gasteiger partial charge in [0.1, 0.15) is 5.82 Å². The molecule has 0 saturated carbocycles. The maximum atomic E-state index is 13.1. The van der Waals surface area contributed by atoms with Crippen LogP contribution in [0.5, 0.6) is 0 Å². The Hall–Kier alpha value is -1.49. The maximum Gasteiger partial charge on any atom is 0.159 e. The Morgan fingerprint density at radius 1 is 1.16 bits per heavy atom. The SMILES string of the molecule is Cc1nc(N(C)Cc2ccc(F)c(F)c2)ccc1Br. The number of aryl methyl sites for hydroxylation is 1. The van der Waals surface area contributed by atoms with E-state index in [1.54, 1.807) is 6.07 Å². The van der Waals surface area contributed by atoms with Gasteiger partial charge in [-0.15, -0.1) is 0 Å². The van der Waals surface area contributed by atoms with Gasteiger partial charge in [-0.1, -0.05) is 6.07 Å². The molecular weight excluding hydrogens is 314 g/mol. The molecule has 0 atom stereocenters. The van der Waals surface area contributed by atoms with E-state index in [0.717, 1.165) is 22.1 Å². The van der Waals surface area contributed by atoms with E-state index in [1.165, 1.54) is 6.07 Å². The molecule has 0 bridgehead atoms. The van der Waals surface area contributed by atoms with Crippen molar-refractivity contribution in [2.24, 2.45) is 0 Å². The van der Waals surface area contributed by atoms with E-state index >= 15 is 0 Å². The highest BCUT2D eigenvalue weighted by molar-refractivity contribution is 9.10. The first-order valence-corrected chi connectivity index (χ1v) is 6.55. The molecule has 2 aromatic rings. The Labute approximate surface area is 119 Å². The average Bonchev–Trinajstić information content (AvgIpc) is 2.37. The molecule has 100 valence electrons. The summed E-state index contributed by atoms with van der Waals surface area (Å²) in [5.41, 5.74) is 1.58. The van der Waals surface area contributed by atoms with E-state index < -0.39 is 11.6 Å². The van der Waals surface area contributed by atoms with Gasteiger partial charge in [0, 0.05) is 18.1 Å². The normalized spacial score (nSPS) is 10.6. The highest BCUT2D eigenvalue weighted by atomic mass is 79.9. The van der Waals surface area contributed by atoms with Gasteiger partial charge in [-0.2, -0.15) is 0 Å². The van der Waals surface area contributed by atoms with Gasteiger partial charge >= 0.3 is 0 Å². The molecule has 0 fully saturated rings. The molecule has 19 heavy (non-hydrogen) atoms. The highest BCUT2D eigenvalue weighted by Crippen LogP contribution is 2.20. The van der Waals surface area contributed by atoms with Crippen LogP contribution in [0.2, 0.25) is 0 Å². The predicted molar refractivity (Wildman–Crippen MR) is 75.1 cm³/mol. The Morgan fingerprint density at radius 2 is 1.89 bits per heavy atom. The average molecular weight is 327 g/mol. The molecule has 1 aromatic carbocycles. The van der Waals surface area contributed by atoms with Crippen LogP contribution in [0.4, 0.5) is 14.6 Å². The summed E-state index contributed by atoms with van der Waals surface area (Å²) in [6.45, 7) is 2.37. The molecular formula is C14H13BrF2N2. The fourth-order valence-electron chi connectivity index (χ4n) is 1.74. The largest absolute Gasteiger partial charge is 0.355 e. The van der Waals surface area contributed by atoms with Crippen LogP contribution in [0.1, 0.15) is 11.3 Å². The van der Waals surface area contributed by atoms with Crippen molar-refractivity contribution in [1.82, 2.24) is 4.98 Å². The lowest BCUT2D eigenvalue weighted by molar-refractivity contribution is 0.507. The summed E-state index contributed by atoms with van der Waals surface area (Å²) in [4.78, 5) is 6.30. The van der Waals surface area contributed by atoms with E-state index in [1.807, 2.05) is 31.0 Å². The number of rotatable bonds is 3. The van der Waals surface area contributed by atoms with Crippen LogP contribution in [0, 0.1) is 18.6 Å². The lowest BCUT2D eigenvalue weighted by Crippen LogP contribution is -2.18. The van der Waals surface area contributed by atoms with Crippen LogP contribution in [-0.4, -0.2) is 12.0 Å². The quantitative estimate of drug-likeness (QED) is 0.845. The number of halogens is 3. The van der Waals surface area contributed by atoms with Crippen molar-refractivity contribution in [2.45, 2.75) is 13.5 Å². The van der Waals surface area contributed by atoms with Crippen LogP contribution >= 0.6 is 15.9 Å². The first-order chi connectivity index (χ1) is 8.97. The Balaban J connectivity index is 2.17. The summed E-state index contributed by atoms with van der Waals surface area (Å²) >= 11 is 3.39. The molecule has 0 radical (unpaired) electrons. The van der Waals surface area contributed by atoms with E-state index in [9.17, 15) is 8.78 Å². The minimum absolute atomic E-state index is 0.464. The number of anilines is 1. The van der Waals surface area contributed by atoms with E-state index in [0.29, 0.717) is 12.1 Å². The molecule has 0 aliphatic rings. The highest BCUT2D eigenvalue weighted by Gasteiger charge is 2.08. The minimum Gasteiger partial charge on any atom is -0.355 e. The minimum atomic E-state index is -0.830. The molecule has 0 spiro atoms. The second kappa shape index (κ2) is 5.65. The molecule has 5 heteroatoms. The molecule has 0 saturated heterocycles. The molecule has 1 aromatic heterocycles. The van der Waals surface area contributed by atoms with Crippen LogP contribution in [-0.2, 0) is 6.54 Å². The van der Waals surface area contributed by atoms with Crippen molar-refractivity contribution in [3.8, 4) is 0 Å². The summed E-state index contributed by atoms with van der Waals surface area (Å²) in [6.07, 6.45) is 0. The Bertz CT molecular complexity index is 602.